The largest absolute Gasteiger partial charge is 0.494 e. The number of sulfonamides is 1. The van der Waals surface area contributed by atoms with Crippen molar-refractivity contribution in [3.05, 3.63) is 54.1 Å². The highest BCUT2D eigenvalue weighted by molar-refractivity contribution is 7.89. The second-order valence-corrected chi connectivity index (χ2v) is 11.5. The zero-order chi connectivity index (χ0) is 26.7. The van der Waals surface area contributed by atoms with Crippen molar-refractivity contribution in [3.63, 3.8) is 0 Å². The van der Waals surface area contributed by atoms with E-state index in [-0.39, 0.29) is 41.5 Å². The van der Waals surface area contributed by atoms with Crippen LogP contribution in [0.4, 0.5) is 5.69 Å². The summed E-state index contributed by atoms with van der Waals surface area (Å²) in [6.07, 6.45) is 0.479. The minimum atomic E-state index is -3.81. The summed E-state index contributed by atoms with van der Waals surface area (Å²) in [6, 6.07) is 11.8. The van der Waals surface area contributed by atoms with Crippen LogP contribution < -0.4 is 14.8 Å². The van der Waals surface area contributed by atoms with Gasteiger partial charge < -0.3 is 9.64 Å². The number of nitrogens with two attached hydrogens (primary N) is 1. The minimum Gasteiger partial charge on any atom is -0.494 e. The average molecular weight is 516 g/mol. The number of nitrogens with zero attached hydrogens (tertiary/aromatic N) is 2. The number of ether oxygens (including phenoxy) is 1. The lowest BCUT2D eigenvalue weighted by molar-refractivity contribution is -0.139. The molecule has 1 heterocycles. The van der Waals surface area contributed by atoms with Crippen LogP contribution in [0.1, 0.15) is 46.1 Å². The molecule has 0 spiro atoms. The molecule has 1 aliphatic rings. The number of benzene rings is 2. The molecule has 3 amide bonds. The minimum absolute atomic E-state index is 0.00511. The lowest BCUT2D eigenvalue weighted by Crippen LogP contribution is -2.47. The van der Waals surface area contributed by atoms with Gasteiger partial charge in [0.2, 0.25) is 21.8 Å². The Kier molecular flexibility index (Phi) is 8.20. The first-order valence-corrected chi connectivity index (χ1v) is 13.4. The number of carbonyl (C=O) groups is 3. The third kappa shape index (κ3) is 6.70. The summed E-state index contributed by atoms with van der Waals surface area (Å²) < 4.78 is 28.5. The van der Waals surface area contributed by atoms with Crippen LogP contribution in [0.3, 0.4) is 0 Å². The second kappa shape index (κ2) is 10.8. The molecular weight excluding hydrogens is 482 g/mol. The van der Waals surface area contributed by atoms with E-state index in [9.17, 15) is 22.8 Å². The fraction of sp³-hybridized carbons (Fsp3) is 0.423. The molecule has 2 aromatic carbocycles. The van der Waals surface area contributed by atoms with Gasteiger partial charge in [-0.05, 0) is 60.7 Å². The number of imide groups is 1. The lowest BCUT2D eigenvalue weighted by atomic mass is 9.91. The Bertz CT molecular complexity index is 1220. The summed E-state index contributed by atoms with van der Waals surface area (Å²) in [5.74, 6) is -0.410. The van der Waals surface area contributed by atoms with Crippen LogP contribution in [0.5, 0.6) is 5.75 Å². The predicted octanol–water partition coefficient (Wildman–Crippen LogP) is 2.87. The van der Waals surface area contributed by atoms with Crippen molar-refractivity contribution in [1.29, 1.82) is 0 Å². The van der Waals surface area contributed by atoms with Gasteiger partial charge in [0.25, 0.3) is 5.91 Å². The summed E-state index contributed by atoms with van der Waals surface area (Å²) in [5.41, 5.74) is 0.890. The normalized spacial score (nSPS) is 16.4. The van der Waals surface area contributed by atoms with Crippen molar-refractivity contribution in [3.8, 4) is 5.75 Å². The maximum absolute atomic E-state index is 13.4. The summed E-state index contributed by atoms with van der Waals surface area (Å²) >= 11 is 0. The zero-order valence-electron chi connectivity index (χ0n) is 21.1. The number of primary sulfonamides is 1. The molecule has 0 radical (unpaired) electrons. The van der Waals surface area contributed by atoms with E-state index in [0.717, 1.165) is 10.5 Å². The van der Waals surface area contributed by atoms with E-state index in [4.69, 9.17) is 9.88 Å². The van der Waals surface area contributed by atoms with Crippen molar-refractivity contribution in [2.45, 2.75) is 57.9 Å². The van der Waals surface area contributed by atoms with Crippen LogP contribution in [0.25, 0.3) is 0 Å². The number of carbonyl (C=O) groups excluding carboxylic acids is 3. The molecule has 1 atom stereocenters. The summed E-state index contributed by atoms with van der Waals surface area (Å²) in [5, 5.41) is 5.16. The molecular formula is C26H33N3O6S. The maximum atomic E-state index is 13.4. The number of hydrogen-bond acceptors (Lipinski definition) is 6. The molecule has 3 rings (SSSR count). The van der Waals surface area contributed by atoms with Crippen LogP contribution in [-0.4, -0.2) is 50.2 Å². The van der Waals surface area contributed by atoms with Gasteiger partial charge in [-0.1, -0.05) is 32.9 Å². The topological polar surface area (TPSA) is 127 Å². The van der Waals surface area contributed by atoms with E-state index < -0.39 is 22.0 Å². The van der Waals surface area contributed by atoms with Gasteiger partial charge in [0.15, 0.2) is 0 Å². The van der Waals surface area contributed by atoms with E-state index in [2.05, 4.69) is 0 Å². The smallest absolute Gasteiger partial charge is 0.257 e. The Hall–Kier alpha value is -3.24. The standard InChI is InChI=1S/C26H33N3O6S/c1-5-35-20-10-8-19(9-11-20)29-23(30)16-22(25(29)32)28(24(31)17-26(2,3)4)15-14-18-6-12-21(13-7-18)36(27,33)34/h6-13,22H,5,14-17H2,1-4H3,(H2,27,33,34). The van der Waals surface area contributed by atoms with Gasteiger partial charge in [-0.25, -0.2) is 18.5 Å². The third-order valence-corrected chi connectivity index (χ3v) is 6.73. The van der Waals surface area contributed by atoms with Gasteiger partial charge in [-0.2, -0.15) is 0 Å². The van der Waals surface area contributed by atoms with E-state index in [1.54, 1.807) is 36.4 Å². The Morgan fingerprint density at radius 2 is 1.69 bits per heavy atom. The predicted molar refractivity (Wildman–Crippen MR) is 136 cm³/mol. The molecule has 1 fully saturated rings. The number of amides is 3. The molecule has 36 heavy (non-hydrogen) atoms. The average Bonchev–Trinajstić information content (AvgIpc) is 3.07. The molecule has 2 aromatic rings. The molecule has 0 bridgehead atoms. The van der Waals surface area contributed by atoms with Gasteiger partial charge in [-0.3, -0.25) is 14.4 Å². The molecule has 0 aliphatic carbocycles. The summed E-state index contributed by atoms with van der Waals surface area (Å²) in [6.45, 7) is 8.36. The summed E-state index contributed by atoms with van der Waals surface area (Å²) in [7, 11) is -3.81. The van der Waals surface area contributed by atoms with E-state index in [1.807, 2.05) is 27.7 Å². The van der Waals surface area contributed by atoms with Crippen molar-refractivity contribution in [2.24, 2.45) is 10.6 Å². The molecule has 9 nitrogen and oxygen atoms in total. The molecule has 194 valence electrons. The van der Waals surface area contributed by atoms with Crippen molar-refractivity contribution < 1.29 is 27.5 Å². The highest BCUT2D eigenvalue weighted by atomic mass is 32.2. The monoisotopic (exact) mass is 515 g/mol. The molecule has 0 saturated carbocycles. The van der Waals surface area contributed by atoms with Gasteiger partial charge in [0.05, 0.1) is 23.6 Å². The van der Waals surface area contributed by atoms with Crippen molar-refractivity contribution in [2.75, 3.05) is 18.1 Å². The van der Waals surface area contributed by atoms with Crippen LogP contribution >= 0.6 is 0 Å². The van der Waals surface area contributed by atoms with Crippen LogP contribution in [0.2, 0.25) is 0 Å². The van der Waals surface area contributed by atoms with Gasteiger partial charge >= 0.3 is 0 Å². The molecule has 10 heteroatoms. The second-order valence-electron chi connectivity index (χ2n) is 9.98. The SMILES string of the molecule is CCOc1ccc(N2C(=O)CC(N(CCc3ccc(S(N)(=O)=O)cc3)C(=O)CC(C)(C)C)C2=O)cc1. The fourth-order valence-electron chi connectivity index (χ4n) is 4.09. The highest BCUT2D eigenvalue weighted by Gasteiger charge is 2.44. The van der Waals surface area contributed by atoms with Crippen molar-refractivity contribution in [1.82, 2.24) is 4.90 Å². The van der Waals surface area contributed by atoms with Crippen molar-refractivity contribution >= 4 is 33.4 Å². The lowest BCUT2D eigenvalue weighted by Gasteiger charge is -2.30. The van der Waals surface area contributed by atoms with Gasteiger partial charge in [0, 0.05) is 13.0 Å². The maximum Gasteiger partial charge on any atom is 0.257 e. The molecule has 2 N–H and O–H groups in total. The number of anilines is 1. The molecule has 1 saturated heterocycles. The fourth-order valence-corrected chi connectivity index (χ4v) is 4.61. The van der Waals surface area contributed by atoms with Crippen LogP contribution in [0.15, 0.2) is 53.4 Å². The first-order chi connectivity index (χ1) is 16.8. The Labute approximate surface area is 212 Å². The first kappa shape index (κ1) is 27.3. The number of hydrogen-bond donors (Lipinski definition) is 1. The van der Waals surface area contributed by atoms with Crippen LogP contribution in [0, 0.1) is 5.41 Å². The highest BCUT2D eigenvalue weighted by Crippen LogP contribution is 2.29. The Morgan fingerprint density at radius 1 is 1.08 bits per heavy atom. The van der Waals surface area contributed by atoms with Gasteiger partial charge in [0.1, 0.15) is 11.8 Å². The quantitative estimate of drug-likeness (QED) is 0.512. The van der Waals surface area contributed by atoms with E-state index in [1.165, 1.54) is 17.0 Å². The third-order valence-electron chi connectivity index (χ3n) is 5.80. The van der Waals surface area contributed by atoms with E-state index in [0.29, 0.717) is 24.5 Å². The van der Waals surface area contributed by atoms with E-state index >= 15 is 0 Å². The summed E-state index contributed by atoms with van der Waals surface area (Å²) in [4.78, 5) is 42.2. The number of rotatable bonds is 9. The Balaban J connectivity index is 1.83. The molecule has 0 aromatic heterocycles. The van der Waals surface area contributed by atoms with Crippen LogP contribution in [-0.2, 0) is 30.8 Å². The molecule has 1 unspecified atom stereocenters. The Morgan fingerprint density at radius 3 is 2.22 bits per heavy atom. The zero-order valence-corrected chi connectivity index (χ0v) is 21.9. The molecule has 1 aliphatic heterocycles. The van der Waals surface area contributed by atoms with Gasteiger partial charge in [-0.15, -0.1) is 0 Å². The first-order valence-electron chi connectivity index (χ1n) is 11.8.